The first-order chi connectivity index (χ1) is 9.58. The van der Waals surface area contributed by atoms with E-state index in [9.17, 15) is 0 Å². The molecule has 4 atom stereocenters. The van der Waals surface area contributed by atoms with Gasteiger partial charge in [0.25, 0.3) is 0 Å². The van der Waals surface area contributed by atoms with Gasteiger partial charge in [-0.15, -0.1) is 0 Å². The van der Waals surface area contributed by atoms with E-state index in [1.807, 2.05) is 12.1 Å². The van der Waals surface area contributed by atoms with Crippen molar-refractivity contribution in [2.45, 2.75) is 39.3 Å². The molecule has 1 aromatic carbocycles. The van der Waals surface area contributed by atoms with Gasteiger partial charge in [0, 0.05) is 24.7 Å². The van der Waals surface area contributed by atoms with Crippen molar-refractivity contribution in [1.29, 1.82) is 0 Å². The van der Waals surface area contributed by atoms with Crippen LogP contribution in [0, 0.1) is 11.8 Å². The van der Waals surface area contributed by atoms with Crippen LogP contribution in [-0.4, -0.2) is 31.1 Å². The highest BCUT2D eigenvalue weighted by atomic mass is 16.5. The third-order valence-electron chi connectivity index (χ3n) is 4.74. The fourth-order valence-electron chi connectivity index (χ4n) is 3.23. The summed E-state index contributed by atoms with van der Waals surface area (Å²) in [6, 6.07) is 8.69. The molecule has 2 rings (SSSR count). The van der Waals surface area contributed by atoms with Crippen molar-refractivity contribution in [3.05, 3.63) is 29.8 Å². The SMILES string of the molecule is CCC(N)C(c1ccccc1OC)N1CC(C)C(C)C1. The van der Waals surface area contributed by atoms with Crippen LogP contribution in [0.3, 0.4) is 0 Å². The lowest BCUT2D eigenvalue weighted by Gasteiger charge is -2.33. The molecular formula is C17H28N2O. The van der Waals surface area contributed by atoms with Crippen LogP contribution in [0.2, 0.25) is 0 Å². The first kappa shape index (κ1) is 15.3. The Balaban J connectivity index is 2.33. The van der Waals surface area contributed by atoms with Gasteiger partial charge in [-0.25, -0.2) is 0 Å². The number of ether oxygens (including phenoxy) is 1. The third kappa shape index (κ3) is 2.99. The summed E-state index contributed by atoms with van der Waals surface area (Å²) < 4.78 is 5.55. The van der Waals surface area contributed by atoms with Gasteiger partial charge in [-0.2, -0.15) is 0 Å². The number of para-hydroxylation sites is 1. The average Bonchev–Trinajstić information content (AvgIpc) is 2.78. The smallest absolute Gasteiger partial charge is 0.123 e. The fraction of sp³-hybridized carbons (Fsp3) is 0.647. The summed E-state index contributed by atoms with van der Waals surface area (Å²) in [4.78, 5) is 2.54. The molecule has 1 heterocycles. The summed E-state index contributed by atoms with van der Waals surface area (Å²) in [6.45, 7) is 9.08. The largest absolute Gasteiger partial charge is 0.496 e. The van der Waals surface area contributed by atoms with Crippen molar-refractivity contribution in [2.75, 3.05) is 20.2 Å². The molecule has 0 amide bonds. The highest BCUT2D eigenvalue weighted by Gasteiger charge is 2.35. The van der Waals surface area contributed by atoms with Gasteiger partial charge in [0.2, 0.25) is 0 Å². The Labute approximate surface area is 123 Å². The number of methoxy groups -OCH3 is 1. The summed E-state index contributed by atoms with van der Waals surface area (Å²) in [6.07, 6.45) is 0.974. The van der Waals surface area contributed by atoms with E-state index >= 15 is 0 Å². The van der Waals surface area contributed by atoms with E-state index in [1.54, 1.807) is 7.11 Å². The van der Waals surface area contributed by atoms with Crippen LogP contribution >= 0.6 is 0 Å². The molecular weight excluding hydrogens is 248 g/mol. The molecule has 1 saturated heterocycles. The number of rotatable bonds is 5. The second-order valence-electron chi connectivity index (χ2n) is 6.17. The van der Waals surface area contributed by atoms with E-state index < -0.39 is 0 Å². The zero-order valence-electron chi connectivity index (χ0n) is 13.2. The van der Waals surface area contributed by atoms with E-state index in [4.69, 9.17) is 10.5 Å². The number of likely N-dealkylation sites (tertiary alicyclic amines) is 1. The molecule has 0 saturated carbocycles. The summed E-state index contributed by atoms with van der Waals surface area (Å²) in [5.74, 6) is 2.42. The number of benzene rings is 1. The van der Waals surface area contributed by atoms with Gasteiger partial charge in [-0.3, -0.25) is 4.90 Å². The van der Waals surface area contributed by atoms with Crippen LogP contribution in [-0.2, 0) is 0 Å². The Morgan fingerprint density at radius 2 is 1.85 bits per heavy atom. The molecule has 1 fully saturated rings. The average molecular weight is 276 g/mol. The van der Waals surface area contributed by atoms with Crippen LogP contribution in [0.25, 0.3) is 0 Å². The van der Waals surface area contributed by atoms with Gasteiger partial charge in [0.05, 0.1) is 13.2 Å². The van der Waals surface area contributed by atoms with E-state index in [0.29, 0.717) is 0 Å². The van der Waals surface area contributed by atoms with Crippen molar-refractivity contribution in [3.8, 4) is 5.75 Å². The first-order valence-corrected chi connectivity index (χ1v) is 7.71. The number of nitrogens with zero attached hydrogens (tertiary/aromatic N) is 1. The quantitative estimate of drug-likeness (QED) is 0.898. The Morgan fingerprint density at radius 1 is 1.25 bits per heavy atom. The Hall–Kier alpha value is -1.06. The Bertz CT molecular complexity index is 425. The molecule has 0 aliphatic carbocycles. The molecule has 0 radical (unpaired) electrons. The van der Waals surface area contributed by atoms with Crippen molar-refractivity contribution < 1.29 is 4.74 Å². The summed E-state index contributed by atoms with van der Waals surface area (Å²) >= 11 is 0. The van der Waals surface area contributed by atoms with Gasteiger partial charge in [0.15, 0.2) is 0 Å². The van der Waals surface area contributed by atoms with Crippen molar-refractivity contribution in [2.24, 2.45) is 17.6 Å². The highest BCUT2D eigenvalue weighted by Crippen LogP contribution is 2.36. The second kappa shape index (κ2) is 6.59. The normalized spacial score (nSPS) is 26.4. The zero-order valence-corrected chi connectivity index (χ0v) is 13.2. The number of hydrogen-bond donors (Lipinski definition) is 1. The minimum Gasteiger partial charge on any atom is -0.496 e. The molecule has 1 aromatic rings. The molecule has 0 spiro atoms. The Kier molecular flexibility index (Phi) is 5.06. The van der Waals surface area contributed by atoms with Crippen LogP contribution in [0.4, 0.5) is 0 Å². The van der Waals surface area contributed by atoms with Crippen molar-refractivity contribution >= 4 is 0 Å². The summed E-state index contributed by atoms with van der Waals surface area (Å²) in [7, 11) is 1.74. The lowest BCUT2D eigenvalue weighted by atomic mass is 9.95. The van der Waals surface area contributed by atoms with E-state index in [0.717, 1.165) is 37.1 Å². The maximum absolute atomic E-state index is 6.45. The zero-order chi connectivity index (χ0) is 14.7. The minimum absolute atomic E-state index is 0.142. The molecule has 1 aliphatic heterocycles. The van der Waals surface area contributed by atoms with Crippen molar-refractivity contribution in [1.82, 2.24) is 4.90 Å². The summed E-state index contributed by atoms with van der Waals surface area (Å²) in [5, 5.41) is 0. The molecule has 0 bridgehead atoms. The van der Waals surface area contributed by atoms with Crippen LogP contribution in [0.1, 0.15) is 38.8 Å². The standard InChI is InChI=1S/C17H28N2O/c1-5-15(18)17(19-10-12(2)13(3)11-19)14-8-6-7-9-16(14)20-4/h6-9,12-13,15,17H,5,10-11,18H2,1-4H3. The second-order valence-corrected chi connectivity index (χ2v) is 6.17. The topological polar surface area (TPSA) is 38.5 Å². The van der Waals surface area contributed by atoms with E-state index in [1.165, 1.54) is 5.56 Å². The van der Waals surface area contributed by atoms with Gasteiger partial charge in [-0.05, 0) is 24.3 Å². The van der Waals surface area contributed by atoms with Gasteiger partial charge in [-0.1, -0.05) is 39.0 Å². The molecule has 1 aliphatic rings. The molecule has 3 heteroatoms. The Morgan fingerprint density at radius 3 is 2.40 bits per heavy atom. The lowest BCUT2D eigenvalue weighted by molar-refractivity contribution is 0.196. The minimum atomic E-state index is 0.142. The maximum Gasteiger partial charge on any atom is 0.123 e. The van der Waals surface area contributed by atoms with Crippen LogP contribution < -0.4 is 10.5 Å². The van der Waals surface area contributed by atoms with E-state index in [2.05, 4.69) is 37.8 Å². The predicted octanol–water partition coefficient (Wildman–Crippen LogP) is 3.06. The van der Waals surface area contributed by atoms with Crippen LogP contribution in [0.5, 0.6) is 5.75 Å². The van der Waals surface area contributed by atoms with Crippen LogP contribution in [0.15, 0.2) is 24.3 Å². The third-order valence-corrected chi connectivity index (χ3v) is 4.74. The first-order valence-electron chi connectivity index (χ1n) is 7.71. The molecule has 4 unspecified atom stereocenters. The number of nitrogens with two attached hydrogens (primary N) is 1. The lowest BCUT2D eigenvalue weighted by Crippen LogP contribution is -2.40. The molecule has 3 nitrogen and oxygen atoms in total. The monoisotopic (exact) mass is 276 g/mol. The highest BCUT2D eigenvalue weighted by molar-refractivity contribution is 5.37. The molecule has 20 heavy (non-hydrogen) atoms. The molecule has 112 valence electrons. The number of hydrogen-bond acceptors (Lipinski definition) is 3. The van der Waals surface area contributed by atoms with Gasteiger partial charge < -0.3 is 10.5 Å². The maximum atomic E-state index is 6.45. The molecule has 0 aromatic heterocycles. The van der Waals surface area contributed by atoms with E-state index in [-0.39, 0.29) is 12.1 Å². The summed E-state index contributed by atoms with van der Waals surface area (Å²) in [5.41, 5.74) is 7.67. The molecule has 2 N–H and O–H groups in total. The fourth-order valence-corrected chi connectivity index (χ4v) is 3.23. The van der Waals surface area contributed by atoms with Gasteiger partial charge in [0.1, 0.15) is 5.75 Å². The van der Waals surface area contributed by atoms with Gasteiger partial charge >= 0.3 is 0 Å². The van der Waals surface area contributed by atoms with Crippen molar-refractivity contribution in [3.63, 3.8) is 0 Å². The predicted molar refractivity (Wildman–Crippen MR) is 83.9 cm³/mol.